The minimum Gasteiger partial charge on any atom is -0.353 e. The van der Waals surface area contributed by atoms with Gasteiger partial charge in [-0.3, -0.25) is 0 Å². The van der Waals surface area contributed by atoms with E-state index in [0.717, 1.165) is 67.8 Å². The predicted molar refractivity (Wildman–Crippen MR) is 196 cm³/mol. The van der Waals surface area contributed by atoms with Crippen LogP contribution in [-0.4, -0.2) is 28.7 Å². The van der Waals surface area contributed by atoms with Crippen LogP contribution in [0.1, 0.15) is 0 Å². The molecule has 0 unspecified atom stereocenters. The van der Waals surface area contributed by atoms with Gasteiger partial charge in [0.2, 0.25) is 0 Å². The van der Waals surface area contributed by atoms with Crippen LogP contribution in [0, 0.1) is 0 Å². The molecule has 6 heteroatoms. The Labute approximate surface area is 276 Å². The van der Waals surface area contributed by atoms with Gasteiger partial charge in [-0.25, -0.2) is 0 Å². The van der Waals surface area contributed by atoms with Gasteiger partial charge in [0.25, 0.3) is 0 Å². The van der Waals surface area contributed by atoms with Gasteiger partial charge >= 0.3 is 0 Å². The van der Waals surface area contributed by atoms with Crippen molar-refractivity contribution in [1.82, 2.24) is 28.7 Å². The van der Waals surface area contributed by atoms with Crippen LogP contribution < -0.4 is 0 Å². The second-order valence-electron chi connectivity index (χ2n) is 12.3. The molecule has 0 aliphatic rings. The summed E-state index contributed by atoms with van der Waals surface area (Å²) in [5, 5.41) is 3.58. The van der Waals surface area contributed by atoms with Gasteiger partial charge in [0.1, 0.15) is 0 Å². The SMILES string of the molecule is c1ccc2[nH]c(-c3cccn3-c3cc(-n4cccc4-c4cc5ccccc5[nH]4)cc(-n4cccc4-c4cc5ccccc5[nH]4)c3)cc2c1. The third-order valence-electron chi connectivity index (χ3n) is 9.39. The van der Waals surface area contributed by atoms with Crippen LogP contribution >= 0.6 is 0 Å². The normalized spacial score (nSPS) is 11.8. The van der Waals surface area contributed by atoms with Gasteiger partial charge in [-0.15, -0.1) is 0 Å². The number of aromatic amines is 3. The molecule has 48 heavy (non-hydrogen) atoms. The molecule has 6 heterocycles. The van der Waals surface area contributed by atoms with Crippen molar-refractivity contribution in [3.05, 3.63) is 164 Å². The summed E-state index contributed by atoms with van der Waals surface area (Å²) in [6.07, 6.45) is 6.44. The van der Waals surface area contributed by atoms with Gasteiger partial charge in [-0.05, 0) is 91.0 Å². The molecule has 0 aliphatic heterocycles. The van der Waals surface area contributed by atoms with E-state index >= 15 is 0 Å². The molecule has 0 spiro atoms. The number of rotatable bonds is 6. The van der Waals surface area contributed by atoms with E-state index in [1.54, 1.807) is 0 Å². The van der Waals surface area contributed by atoms with Crippen molar-refractivity contribution < 1.29 is 0 Å². The Bertz CT molecular complexity index is 2340. The van der Waals surface area contributed by atoms with Crippen molar-refractivity contribution in [1.29, 1.82) is 0 Å². The summed E-state index contributed by atoms with van der Waals surface area (Å²) in [6, 6.07) is 51.6. The first-order valence-electron chi connectivity index (χ1n) is 16.2. The van der Waals surface area contributed by atoms with Crippen LogP contribution in [0.3, 0.4) is 0 Å². The average Bonchev–Trinajstić information content (AvgIpc) is 3.97. The smallest absolute Gasteiger partial charge is 0.0691 e. The van der Waals surface area contributed by atoms with Crippen molar-refractivity contribution in [3.63, 3.8) is 0 Å². The predicted octanol–water partition coefficient (Wildman–Crippen LogP) is 10.5. The molecule has 4 aromatic carbocycles. The second-order valence-corrected chi connectivity index (χ2v) is 12.3. The lowest BCUT2D eigenvalue weighted by Gasteiger charge is -2.17. The van der Waals surface area contributed by atoms with Crippen molar-refractivity contribution in [3.8, 4) is 51.2 Å². The number of para-hydroxylation sites is 3. The molecule has 0 bridgehead atoms. The summed E-state index contributed by atoms with van der Waals surface area (Å²) in [5.41, 5.74) is 13.1. The zero-order chi connectivity index (χ0) is 31.6. The van der Waals surface area contributed by atoms with E-state index in [1.165, 1.54) is 16.2 Å². The van der Waals surface area contributed by atoms with E-state index in [9.17, 15) is 0 Å². The molecule has 3 N–H and O–H groups in total. The second kappa shape index (κ2) is 10.4. The number of benzene rings is 4. The lowest BCUT2D eigenvalue weighted by atomic mass is 10.2. The van der Waals surface area contributed by atoms with Gasteiger partial charge in [0.15, 0.2) is 0 Å². The maximum absolute atomic E-state index is 3.64. The standard InChI is InChI=1S/C42H30N6/c1-4-13-34-28(10-1)22-37(43-34)40-16-7-19-46(40)31-25-32(47-20-8-17-41(47)38-23-29-11-2-5-14-35(29)44-38)27-33(26-31)48-21-9-18-42(48)39-24-30-12-3-6-15-36(30)45-39/h1-27,43-45H. The monoisotopic (exact) mass is 618 g/mol. The van der Waals surface area contributed by atoms with Crippen LogP contribution in [0.2, 0.25) is 0 Å². The highest BCUT2D eigenvalue weighted by Crippen LogP contribution is 2.34. The van der Waals surface area contributed by atoms with Crippen LogP contribution in [0.4, 0.5) is 0 Å². The van der Waals surface area contributed by atoms with Gasteiger partial charge in [0.05, 0.1) is 34.2 Å². The minimum absolute atomic E-state index is 1.06. The van der Waals surface area contributed by atoms with Gasteiger partial charge in [0, 0.05) is 68.4 Å². The summed E-state index contributed by atoms with van der Waals surface area (Å²) in [7, 11) is 0. The molecule has 10 aromatic rings. The Hall–Kier alpha value is -6.66. The summed E-state index contributed by atoms with van der Waals surface area (Å²) in [4.78, 5) is 10.9. The molecule has 0 amide bonds. The molecule has 0 saturated heterocycles. The van der Waals surface area contributed by atoms with Crippen LogP contribution in [0.5, 0.6) is 0 Å². The zero-order valence-corrected chi connectivity index (χ0v) is 25.9. The van der Waals surface area contributed by atoms with Crippen molar-refractivity contribution in [2.24, 2.45) is 0 Å². The Morgan fingerprint density at radius 3 is 0.938 bits per heavy atom. The first-order chi connectivity index (χ1) is 23.7. The lowest BCUT2D eigenvalue weighted by molar-refractivity contribution is 1.01. The highest BCUT2D eigenvalue weighted by atomic mass is 15.0. The van der Waals surface area contributed by atoms with Crippen molar-refractivity contribution in [2.45, 2.75) is 0 Å². The number of nitrogens with one attached hydrogen (secondary N) is 3. The third kappa shape index (κ3) is 4.27. The van der Waals surface area contributed by atoms with Crippen molar-refractivity contribution in [2.75, 3.05) is 0 Å². The van der Waals surface area contributed by atoms with E-state index in [1.807, 2.05) is 0 Å². The molecule has 10 rings (SSSR count). The molecule has 6 nitrogen and oxygen atoms in total. The highest BCUT2D eigenvalue weighted by molar-refractivity contribution is 5.88. The van der Waals surface area contributed by atoms with Gasteiger partial charge in [-0.2, -0.15) is 0 Å². The molecule has 0 radical (unpaired) electrons. The zero-order valence-electron chi connectivity index (χ0n) is 25.9. The number of aromatic nitrogens is 6. The van der Waals surface area contributed by atoms with E-state index in [-0.39, 0.29) is 0 Å². The van der Waals surface area contributed by atoms with Gasteiger partial charge in [-0.1, -0.05) is 54.6 Å². The fraction of sp³-hybridized carbons (Fsp3) is 0. The summed E-state index contributed by atoms with van der Waals surface area (Å²) >= 11 is 0. The Kier molecular flexibility index (Phi) is 5.77. The number of nitrogens with zero attached hydrogens (tertiary/aromatic N) is 3. The summed E-state index contributed by atoms with van der Waals surface area (Å²) in [6.45, 7) is 0. The maximum Gasteiger partial charge on any atom is 0.0691 e. The topological polar surface area (TPSA) is 62.2 Å². The fourth-order valence-corrected chi connectivity index (χ4v) is 7.11. The molecule has 0 saturated carbocycles. The fourth-order valence-electron chi connectivity index (χ4n) is 7.11. The minimum atomic E-state index is 1.06. The van der Waals surface area contributed by atoms with Gasteiger partial charge < -0.3 is 28.7 Å². The first-order valence-corrected chi connectivity index (χ1v) is 16.2. The largest absolute Gasteiger partial charge is 0.353 e. The van der Waals surface area contributed by atoms with Crippen LogP contribution in [0.25, 0.3) is 83.9 Å². The quantitative estimate of drug-likeness (QED) is 0.166. The number of fused-ring (bicyclic) bond motifs is 3. The van der Waals surface area contributed by atoms with Crippen molar-refractivity contribution >= 4 is 32.7 Å². The number of hydrogen-bond donors (Lipinski definition) is 3. The summed E-state index contributed by atoms with van der Waals surface area (Å²) in [5.74, 6) is 0. The molecular formula is C42H30N6. The van der Waals surface area contributed by atoms with Crippen LogP contribution in [-0.2, 0) is 0 Å². The molecule has 0 aliphatic carbocycles. The third-order valence-corrected chi connectivity index (χ3v) is 9.39. The molecule has 6 aromatic heterocycles. The molecule has 0 atom stereocenters. The molecule has 0 fully saturated rings. The first kappa shape index (κ1) is 26.5. The Morgan fingerprint density at radius 1 is 0.312 bits per heavy atom. The highest BCUT2D eigenvalue weighted by Gasteiger charge is 2.17. The van der Waals surface area contributed by atoms with Crippen LogP contribution in [0.15, 0.2) is 164 Å². The maximum atomic E-state index is 3.64. The van der Waals surface area contributed by atoms with E-state index < -0.39 is 0 Å². The van der Waals surface area contributed by atoms with E-state index in [4.69, 9.17) is 0 Å². The summed E-state index contributed by atoms with van der Waals surface area (Å²) < 4.78 is 6.82. The van der Waals surface area contributed by atoms with E-state index in [0.29, 0.717) is 0 Å². The lowest BCUT2D eigenvalue weighted by Crippen LogP contribution is -2.04. The Morgan fingerprint density at radius 2 is 0.625 bits per heavy atom. The van der Waals surface area contributed by atoms with E-state index in [2.05, 4.69) is 193 Å². The molecular weight excluding hydrogens is 589 g/mol. The number of hydrogen-bond acceptors (Lipinski definition) is 0. The Balaban J connectivity index is 1.17. The molecule has 228 valence electrons. The number of H-pyrrole nitrogens is 3. The average molecular weight is 619 g/mol.